The molecule has 0 aromatic heterocycles. The molecular formula is C16H28O2. The van der Waals surface area contributed by atoms with Gasteiger partial charge < -0.3 is 9.84 Å². The van der Waals surface area contributed by atoms with E-state index in [0.717, 1.165) is 13.0 Å². The molecule has 2 rings (SSSR count). The fraction of sp³-hybridized carbons (Fsp3) is 0.875. The second-order valence-corrected chi connectivity index (χ2v) is 6.40. The second kappa shape index (κ2) is 5.34. The van der Waals surface area contributed by atoms with Gasteiger partial charge in [-0.1, -0.05) is 45.3 Å². The molecule has 104 valence electrons. The van der Waals surface area contributed by atoms with Gasteiger partial charge >= 0.3 is 0 Å². The minimum Gasteiger partial charge on any atom is -0.396 e. The first-order valence-electron chi connectivity index (χ1n) is 7.47. The minimum atomic E-state index is -0.0487. The smallest absolute Gasteiger partial charge is 0.0643 e. The third kappa shape index (κ3) is 2.04. The molecule has 1 N–H and O–H groups in total. The summed E-state index contributed by atoms with van der Waals surface area (Å²) in [7, 11) is 0. The van der Waals surface area contributed by atoms with Gasteiger partial charge in [-0.25, -0.2) is 0 Å². The van der Waals surface area contributed by atoms with E-state index in [9.17, 15) is 5.11 Å². The van der Waals surface area contributed by atoms with Crippen molar-refractivity contribution in [1.82, 2.24) is 0 Å². The highest BCUT2D eigenvalue weighted by molar-refractivity contribution is 5.20. The molecule has 0 aromatic carbocycles. The number of hydrogen-bond acceptors (Lipinski definition) is 2. The quantitative estimate of drug-likeness (QED) is 0.777. The number of unbranched alkanes of at least 4 members (excludes halogenated alkanes) is 1. The summed E-state index contributed by atoms with van der Waals surface area (Å²) in [6.45, 7) is 9.98. The SMILES string of the molecule is CCCCC1OCC2(CO)C(C)C=C(C)C1C2C. The minimum absolute atomic E-state index is 0.0487. The van der Waals surface area contributed by atoms with E-state index in [1.807, 2.05) is 0 Å². The molecule has 1 aliphatic carbocycles. The zero-order chi connectivity index (χ0) is 13.3. The fourth-order valence-electron chi connectivity index (χ4n) is 4.08. The van der Waals surface area contributed by atoms with Crippen LogP contribution in [0.5, 0.6) is 0 Å². The second-order valence-electron chi connectivity index (χ2n) is 6.40. The first-order valence-corrected chi connectivity index (χ1v) is 7.47. The van der Waals surface area contributed by atoms with Gasteiger partial charge in [0.05, 0.1) is 19.3 Å². The lowest BCUT2D eigenvalue weighted by molar-refractivity contribution is -0.164. The lowest BCUT2D eigenvalue weighted by atomic mass is 9.56. The molecule has 2 bridgehead atoms. The maximum absolute atomic E-state index is 9.87. The van der Waals surface area contributed by atoms with Crippen LogP contribution in [-0.4, -0.2) is 24.4 Å². The van der Waals surface area contributed by atoms with Crippen molar-refractivity contribution in [1.29, 1.82) is 0 Å². The monoisotopic (exact) mass is 252 g/mol. The molecule has 0 radical (unpaired) electrons. The average molecular weight is 252 g/mol. The van der Waals surface area contributed by atoms with Crippen molar-refractivity contribution < 1.29 is 9.84 Å². The number of aliphatic hydroxyl groups excluding tert-OH is 1. The van der Waals surface area contributed by atoms with Crippen molar-refractivity contribution in [2.75, 3.05) is 13.2 Å². The lowest BCUT2D eigenvalue weighted by Gasteiger charge is -2.55. The Hall–Kier alpha value is -0.340. The van der Waals surface area contributed by atoms with E-state index in [-0.39, 0.29) is 12.0 Å². The first-order chi connectivity index (χ1) is 8.56. The molecule has 1 fully saturated rings. The summed E-state index contributed by atoms with van der Waals surface area (Å²) in [4.78, 5) is 0. The Morgan fingerprint density at radius 2 is 2.17 bits per heavy atom. The molecule has 0 saturated carbocycles. The normalized spacial score (nSPS) is 43.7. The largest absolute Gasteiger partial charge is 0.396 e. The van der Waals surface area contributed by atoms with Crippen LogP contribution in [0.1, 0.15) is 47.0 Å². The third-order valence-corrected chi connectivity index (χ3v) is 5.49. The van der Waals surface area contributed by atoms with Crippen molar-refractivity contribution in [3.63, 3.8) is 0 Å². The van der Waals surface area contributed by atoms with Gasteiger partial charge in [0.15, 0.2) is 0 Å². The van der Waals surface area contributed by atoms with Crippen LogP contribution < -0.4 is 0 Å². The molecule has 0 aromatic rings. The van der Waals surface area contributed by atoms with E-state index >= 15 is 0 Å². The number of fused-ring (bicyclic) bond motifs is 2. The van der Waals surface area contributed by atoms with Crippen LogP contribution in [0.25, 0.3) is 0 Å². The summed E-state index contributed by atoms with van der Waals surface area (Å²) < 4.78 is 6.15. The van der Waals surface area contributed by atoms with Crippen molar-refractivity contribution in [2.24, 2.45) is 23.2 Å². The summed E-state index contributed by atoms with van der Waals surface area (Å²) in [6.07, 6.45) is 6.37. The number of allylic oxidation sites excluding steroid dienone is 1. The maximum Gasteiger partial charge on any atom is 0.0643 e. The highest BCUT2D eigenvalue weighted by Gasteiger charge is 2.52. The van der Waals surface area contributed by atoms with Gasteiger partial charge in [-0.15, -0.1) is 0 Å². The van der Waals surface area contributed by atoms with Crippen LogP contribution in [-0.2, 0) is 4.74 Å². The Balaban J connectivity index is 2.26. The van der Waals surface area contributed by atoms with E-state index in [4.69, 9.17) is 4.74 Å². The maximum atomic E-state index is 9.87. The van der Waals surface area contributed by atoms with Gasteiger partial charge in [-0.3, -0.25) is 0 Å². The van der Waals surface area contributed by atoms with Gasteiger partial charge in [0.25, 0.3) is 0 Å². The van der Waals surface area contributed by atoms with Crippen molar-refractivity contribution in [3.8, 4) is 0 Å². The van der Waals surface area contributed by atoms with Gasteiger partial charge in [0.1, 0.15) is 0 Å². The van der Waals surface area contributed by atoms with E-state index in [1.54, 1.807) is 0 Å². The predicted molar refractivity (Wildman–Crippen MR) is 74.4 cm³/mol. The molecule has 0 amide bonds. The zero-order valence-electron chi connectivity index (χ0n) is 12.3. The van der Waals surface area contributed by atoms with Gasteiger partial charge in [0.2, 0.25) is 0 Å². The Morgan fingerprint density at radius 3 is 2.78 bits per heavy atom. The van der Waals surface area contributed by atoms with Crippen LogP contribution in [0.3, 0.4) is 0 Å². The van der Waals surface area contributed by atoms with E-state index in [0.29, 0.717) is 23.9 Å². The van der Waals surface area contributed by atoms with E-state index in [1.165, 1.54) is 18.4 Å². The molecule has 18 heavy (non-hydrogen) atoms. The van der Waals surface area contributed by atoms with Crippen molar-refractivity contribution in [3.05, 3.63) is 11.6 Å². The molecule has 1 heterocycles. The van der Waals surface area contributed by atoms with Crippen LogP contribution in [0, 0.1) is 23.2 Å². The summed E-state index contributed by atoms with van der Waals surface area (Å²) in [6, 6.07) is 0. The number of aliphatic hydroxyl groups is 1. The predicted octanol–water partition coefficient (Wildman–Crippen LogP) is 3.40. The summed E-state index contributed by atoms with van der Waals surface area (Å²) in [5.74, 6) is 1.45. The Morgan fingerprint density at radius 1 is 1.44 bits per heavy atom. The Bertz CT molecular complexity index is 323. The molecule has 5 atom stereocenters. The molecule has 5 unspecified atom stereocenters. The molecule has 0 spiro atoms. The third-order valence-electron chi connectivity index (χ3n) is 5.49. The Kier molecular flexibility index (Phi) is 4.18. The van der Waals surface area contributed by atoms with Crippen LogP contribution >= 0.6 is 0 Å². The molecule has 2 nitrogen and oxygen atoms in total. The van der Waals surface area contributed by atoms with Crippen LogP contribution in [0.15, 0.2) is 11.6 Å². The van der Waals surface area contributed by atoms with Crippen molar-refractivity contribution >= 4 is 0 Å². The highest BCUT2D eigenvalue weighted by Crippen LogP contribution is 2.52. The number of hydrogen-bond donors (Lipinski definition) is 1. The fourth-order valence-corrected chi connectivity index (χ4v) is 4.08. The lowest BCUT2D eigenvalue weighted by Crippen LogP contribution is -2.56. The molecule has 2 heteroatoms. The Labute approximate surface area is 111 Å². The standard InChI is InChI=1S/C16H28O2/c1-5-6-7-14-15-11(2)8-12(3)16(9-17,10-18-14)13(15)4/h8,12-15,17H,5-7,9-10H2,1-4H3. The van der Waals surface area contributed by atoms with E-state index < -0.39 is 0 Å². The zero-order valence-corrected chi connectivity index (χ0v) is 12.3. The molecule has 1 aliphatic heterocycles. The van der Waals surface area contributed by atoms with Gasteiger partial charge in [-0.05, 0) is 25.2 Å². The molecule has 2 aliphatic rings. The van der Waals surface area contributed by atoms with Crippen LogP contribution in [0.2, 0.25) is 0 Å². The van der Waals surface area contributed by atoms with Gasteiger partial charge in [0, 0.05) is 11.3 Å². The first kappa shape index (κ1) is 14.1. The van der Waals surface area contributed by atoms with Crippen LogP contribution in [0.4, 0.5) is 0 Å². The van der Waals surface area contributed by atoms with Gasteiger partial charge in [-0.2, -0.15) is 0 Å². The summed E-state index contributed by atoms with van der Waals surface area (Å²) in [5.41, 5.74) is 1.42. The summed E-state index contributed by atoms with van der Waals surface area (Å²) in [5, 5.41) is 9.87. The average Bonchev–Trinajstić information content (AvgIpc) is 2.34. The summed E-state index contributed by atoms with van der Waals surface area (Å²) >= 11 is 0. The topological polar surface area (TPSA) is 29.5 Å². The number of rotatable bonds is 4. The van der Waals surface area contributed by atoms with Crippen molar-refractivity contribution in [2.45, 2.75) is 53.1 Å². The highest BCUT2D eigenvalue weighted by atomic mass is 16.5. The number of ether oxygens (including phenoxy) is 1. The molecular weight excluding hydrogens is 224 g/mol. The molecule has 1 saturated heterocycles. The van der Waals surface area contributed by atoms with E-state index in [2.05, 4.69) is 33.8 Å².